The molecule has 0 radical (unpaired) electrons. The maximum Gasteiger partial charge on any atom is 0.0337 e. The van der Waals surface area contributed by atoms with Crippen LogP contribution in [0.3, 0.4) is 0 Å². The first kappa shape index (κ1) is 10.5. The van der Waals surface area contributed by atoms with Gasteiger partial charge < -0.3 is 10.2 Å². The Hall–Kier alpha value is -1.02. The lowest BCUT2D eigenvalue weighted by molar-refractivity contribution is 0.381. The van der Waals surface area contributed by atoms with Gasteiger partial charge in [0.1, 0.15) is 0 Å². The molecule has 2 rings (SSSR count). The quantitative estimate of drug-likeness (QED) is 0.795. The summed E-state index contributed by atoms with van der Waals surface area (Å²) in [4.78, 5) is 2.41. The van der Waals surface area contributed by atoms with Gasteiger partial charge in [-0.1, -0.05) is 19.1 Å². The molecule has 1 heterocycles. The number of likely N-dealkylation sites (tertiary alicyclic amines) is 1. The standard InChI is InChI=1S/C13H20N2/c1-13(8-9-15(3)10-13)11-4-6-12(14-2)7-5-11/h4-7,14H,8-10H2,1-3H3. The van der Waals surface area contributed by atoms with Crippen molar-refractivity contribution in [3.63, 3.8) is 0 Å². The number of rotatable bonds is 2. The van der Waals surface area contributed by atoms with Gasteiger partial charge in [-0.05, 0) is 37.7 Å². The summed E-state index contributed by atoms with van der Waals surface area (Å²) in [5.41, 5.74) is 3.00. The van der Waals surface area contributed by atoms with Crippen LogP contribution in [0.25, 0.3) is 0 Å². The van der Waals surface area contributed by atoms with Gasteiger partial charge in [0.25, 0.3) is 0 Å². The lowest BCUT2D eigenvalue weighted by atomic mass is 9.82. The molecule has 2 nitrogen and oxygen atoms in total. The Morgan fingerprint density at radius 1 is 1.27 bits per heavy atom. The van der Waals surface area contributed by atoms with E-state index in [4.69, 9.17) is 0 Å². The van der Waals surface area contributed by atoms with Gasteiger partial charge in [0.15, 0.2) is 0 Å². The van der Waals surface area contributed by atoms with Crippen LogP contribution in [-0.2, 0) is 5.41 Å². The first-order valence-electron chi connectivity index (χ1n) is 5.61. The second kappa shape index (κ2) is 3.86. The minimum atomic E-state index is 0.348. The minimum absolute atomic E-state index is 0.348. The van der Waals surface area contributed by atoms with E-state index in [-0.39, 0.29) is 0 Å². The van der Waals surface area contributed by atoms with Gasteiger partial charge >= 0.3 is 0 Å². The Labute approximate surface area is 92.3 Å². The van der Waals surface area contributed by atoms with E-state index < -0.39 is 0 Å². The molecule has 1 saturated heterocycles. The van der Waals surface area contributed by atoms with E-state index in [2.05, 4.69) is 48.5 Å². The Balaban J connectivity index is 2.22. The topological polar surface area (TPSA) is 15.3 Å². The van der Waals surface area contributed by atoms with Crippen molar-refractivity contribution in [2.24, 2.45) is 0 Å². The molecule has 0 amide bonds. The number of anilines is 1. The molecule has 1 aliphatic heterocycles. The van der Waals surface area contributed by atoms with Gasteiger partial charge in [0.05, 0.1) is 0 Å². The van der Waals surface area contributed by atoms with Crippen LogP contribution in [0.4, 0.5) is 5.69 Å². The Morgan fingerprint density at radius 3 is 2.40 bits per heavy atom. The highest BCUT2D eigenvalue weighted by Gasteiger charge is 2.33. The van der Waals surface area contributed by atoms with Crippen molar-refractivity contribution >= 4 is 5.69 Å². The number of hydrogen-bond donors (Lipinski definition) is 1. The van der Waals surface area contributed by atoms with Gasteiger partial charge in [-0.15, -0.1) is 0 Å². The summed E-state index contributed by atoms with van der Waals surface area (Å²) in [5, 5.41) is 3.16. The summed E-state index contributed by atoms with van der Waals surface area (Å²) in [6.07, 6.45) is 1.27. The van der Waals surface area contributed by atoms with Crippen LogP contribution in [0.2, 0.25) is 0 Å². The minimum Gasteiger partial charge on any atom is -0.388 e. The molecule has 1 aliphatic rings. The van der Waals surface area contributed by atoms with E-state index in [1.807, 2.05) is 7.05 Å². The fourth-order valence-electron chi connectivity index (χ4n) is 2.47. The highest BCUT2D eigenvalue weighted by atomic mass is 15.1. The maximum absolute atomic E-state index is 3.16. The van der Waals surface area contributed by atoms with Crippen molar-refractivity contribution in [2.45, 2.75) is 18.8 Å². The average molecular weight is 204 g/mol. The van der Waals surface area contributed by atoms with E-state index >= 15 is 0 Å². The molecule has 1 aromatic carbocycles. The fourth-order valence-corrected chi connectivity index (χ4v) is 2.47. The Morgan fingerprint density at radius 2 is 1.93 bits per heavy atom. The average Bonchev–Trinajstić information content (AvgIpc) is 2.60. The lowest BCUT2D eigenvalue weighted by Gasteiger charge is -2.24. The molecular weight excluding hydrogens is 184 g/mol. The van der Waals surface area contributed by atoms with Crippen molar-refractivity contribution in [3.8, 4) is 0 Å². The number of hydrogen-bond acceptors (Lipinski definition) is 2. The molecule has 1 N–H and O–H groups in total. The van der Waals surface area contributed by atoms with E-state index in [9.17, 15) is 0 Å². The van der Waals surface area contributed by atoms with Crippen LogP contribution in [-0.4, -0.2) is 32.1 Å². The predicted molar refractivity (Wildman–Crippen MR) is 65.5 cm³/mol. The largest absolute Gasteiger partial charge is 0.388 e. The number of nitrogens with one attached hydrogen (secondary N) is 1. The normalized spacial score (nSPS) is 26.9. The maximum atomic E-state index is 3.16. The summed E-state index contributed by atoms with van der Waals surface area (Å²) in [6, 6.07) is 8.84. The fraction of sp³-hybridized carbons (Fsp3) is 0.538. The molecule has 2 heteroatoms. The van der Waals surface area contributed by atoms with Crippen LogP contribution in [0, 0.1) is 0 Å². The van der Waals surface area contributed by atoms with Crippen LogP contribution in [0.15, 0.2) is 24.3 Å². The molecule has 0 spiro atoms. The molecule has 1 fully saturated rings. The first-order valence-corrected chi connectivity index (χ1v) is 5.61. The van der Waals surface area contributed by atoms with Crippen molar-refractivity contribution in [1.82, 2.24) is 4.90 Å². The first-order chi connectivity index (χ1) is 7.14. The second-order valence-corrected chi connectivity index (χ2v) is 4.88. The van der Waals surface area contributed by atoms with Gasteiger partial charge in [0.2, 0.25) is 0 Å². The number of benzene rings is 1. The van der Waals surface area contributed by atoms with E-state index in [1.165, 1.54) is 30.8 Å². The van der Waals surface area contributed by atoms with Gasteiger partial charge in [0, 0.05) is 24.7 Å². The van der Waals surface area contributed by atoms with Gasteiger partial charge in [-0.3, -0.25) is 0 Å². The molecule has 0 bridgehead atoms. The Bertz CT molecular complexity index is 331. The van der Waals surface area contributed by atoms with Crippen LogP contribution >= 0.6 is 0 Å². The summed E-state index contributed by atoms with van der Waals surface area (Å²) in [6.45, 7) is 4.75. The van der Waals surface area contributed by atoms with Crippen molar-refractivity contribution in [2.75, 3.05) is 32.5 Å². The van der Waals surface area contributed by atoms with Crippen LogP contribution < -0.4 is 5.32 Å². The van der Waals surface area contributed by atoms with Crippen LogP contribution in [0.1, 0.15) is 18.9 Å². The molecule has 1 unspecified atom stereocenters. The molecular formula is C13H20N2. The van der Waals surface area contributed by atoms with Gasteiger partial charge in [-0.25, -0.2) is 0 Å². The monoisotopic (exact) mass is 204 g/mol. The summed E-state index contributed by atoms with van der Waals surface area (Å²) in [5.74, 6) is 0. The highest BCUT2D eigenvalue weighted by Crippen LogP contribution is 2.33. The molecule has 0 aromatic heterocycles. The molecule has 82 valence electrons. The van der Waals surface area contributed by atoms with E-state index in [0.717, 1.165) is 0 Å². The predicted octanol–water partition coefficient (Wildman–Crippen LogP) is 2.32. The molecule has 1 atom stereocenters. The highest BCUT2D eigenvalue weighted by molar-refractivity contribution is 5.45. The molecule has 15 heavy (non-hydrogen) atoms. The van der Waals surface area contributed by atoms with Crippen molar-refractivity contribution in [1.29, 1.82) is 0 Å². The van der Waals surface area contributed by atoms with E-state index in [0.29, 0.717) is 5.41 Å². The number of likely N-dealkylation sites (N-methyl/N-ethyl adjacent to an activating group) is 1. The zero-order valence-corrected chi connectivity index (χ0v) is 9.88. The van der Waals surface area contributed by atoms with Crippen molar-refractivity contribution in [3.05, 3.63) is 29.8 Å². The Kier molecular flexibility index (Phi) is 2.70. The summed E-state index contributed by atoms with van der Waals surface area (Å²) < 4.78 is 0. The SMILES string of the molecule is CNc1ccc(C2(C)CCN(C)C2)cc1. The third-order valence-electron chi connectivity index (χ3n) is 3.53. The zero-order chi connectivity index (χ0) is 10.9. The summed E-state index contributed by atoms with van der Waals surface area (Å²) in [7, 11) is 4.16. The van der Waals surface area contributed by atoms with Crippen molar-refractivity contribution < 1.29 is 0 Å². The smallest absolute Gasteiger partial charge is 0.0337 e. The third-order valence-corrected chi connectivity index (χ3v) is 3.53. The van der Waals surface area contributed by atoms with Gasteiger partial charge in [-0.2, -0.15) is 0 Å². The third kappa shape index (κ3) is 2.00. The molecule has 1 aromatic rings. The van der Waals surface area contributed by atoms with Crippen LogP contribution in [0.5, 0.6) is 0 Å². The lowest BCUT2D eigenvalue weighted by Crippen LogP contribution is -2.25. The zero-order valence-electron chi connectivity index (χ0n) is 9.88. The second-order valence-electron chi connectivity index (χ2n) is 4.88. The molecule has 0 saturated carbocycles. The summed E-state index contributed by atoms with van der Waals surface area (Å²) >= 11 is 0. The number of nitrogens with zero attached hydrogens (tertiary/aromatic N) is 1. The molecule has 0 aliphatic carbocycles. The van der Waals surface area contributed by atoms with E-state index in [1.54, 1.807) is 0 Å².